The normalized spacial score (nSPS) is 13.1. The van der Waals surface area contributed by atoms with Crippen molar-refractivity contribution in [2.24, 2.45) is 5.84 Å². The van der Waals surface area contributed by atoms with E-state index in [4.69, 9.17) is 10.3 Å². The van der Waals surface area contributed by atoms with Gasteiger partial charge in [-0.15, -0.1) is 0 Å². The average Bonchev–Trinajstić information content (AvgIpc) is 3.11. The summed E-state index contributed by atoms with van der Waals surface area (Å²) >= 11 is 0. The fourth-order valence-corrected chi connectivity index (χ4v) is 2.40. The van der Waals surface area contributed by atoms with Crippen molar-refractivity contribution >= 4 is 11.0 Å². The minimum atomic E-state index is -0.0899. The van der Waals surface area contributed by atoms with Crippen LogP contribution in [0.2, 0.25) is 0 Å². The highest BCUT2D eigenvalue weighted by Gasteiger charge is 2.17. The topological polar surface area (TPSA) is 69.0 Å². The van der Waals surface area contributed by atoms with Gasteiger partial charge in [0.05, 0.1) is 11.7 Å². The molecule has 0 fully saturated rings. The second-order valence-electron chi connectivity index (χ2n) is 5.49. The standard InChI is InChI=1S/C16H20N4O/c1-11(2)20-8-7-13(19-20)10-14(18-17)16-9-12-5-3-4-6-15(12)21-16/h3-9,11,14,18H,10,17H2,1-2H3. The van der Waals surface area contributed by atoms with Crippen LogP contribution >= 0.6 is 0 Å². The van der Waals surface area contributed by atoms with Crippen molar-refractivity contribution in [3.05, 3.63) is 54.0 Å². The summed E-state index contributed by atoms with van der Waals surface area (Å²) in [6.07, 6.45) is 2.68. The summed E-state index contributed by atoms with van der Waals surface area (Å²) in [5.41, 5.74) is 4.69. The minimum Gasteiger partial charge on any atom is -0.459 e. The SMILES string of the molecule is CC(C)n1ccc(CC(NN)c2cc3ccccc3o2)n1. The molecule has 3 N–H and O–H groups in total. The van der Waals surface area contributed by atoms with Crippen LogP contribution in [-0.4, -0.2) is 9.78 Å². The van der Waals surface area contributed by atoms with E-state index < -0.39 is 0 Å². The smallest absolute Gasteiger partial charge is 0.134 e. The van der Waals surface area contributed by atoms with Gasteiger partial charge >= 0.3 is 0 Å². The summed E-state index contributed by atoms with van der Waals surface area (Å²) < 4.78 is 7.82. The molecular formula is C16H20N4O. The predicted octanol–water partition coefficient (Wildman–Crippen LogP) is 2.96. The van der Waals surface area contributed by atoms with Crippen molar-refractivity contribution in [3.63, 3.8) is 0 Å². The van der Waals surface area contributed by atoms with Crippen LogP contribution in [0, 0.1) is 0 Å². The highest BCUT2D eigenvalue weighted by Crippen LogP contribution is 2.25. The molecule has 0 saturated heterocycles. The number of rotatable bonds is 5. The Labute approximate surface area is 123 Å². The van der Waals surface area contributed by atoms with E-state index in [1.807, 2.05) is 47.3 Å². The van der Waals surface area contributed by atoms with Crippen molar-refractivity contribution in [1.29, 1.82) is 0 Å². The Morgan fingerprint density at radius 1 is 1.29 bits per heavy atom. The molecule has 3 rings (SSSR count). The lowest BCUT2D eigenvalue weighted by atomic mass is 10.1. The number of hydrogen-bond donors (Lipinski definition) is 2. The van der Waals surface area contributed by atoms with Gasteiger partial charge in [0.25, 0.3) is 0 Å². The molecule has 3 aromatic rings. The number of fused-ring (bicyclic) bond motifs is 1. The van der Waals surface area contributed by atoms with Gasteiger partial charge in [-0.25, -0.2) is 5.43 Å². The van der Waals surface area contributed by atoms with Gasteiger partial charge in [-0.2, -0.15) is 5.10 Å². The maximum Gasteiger partial charge on any atom is 0.134 e. The first kappa shape index (κ1) is 13.9. The summed E-state index contributed by atoms with van der Waals surface area (Å²) in [6.45, 7) is 4.21. The van der Waals surface area contributed by atoms with Crippen LogP contribution < -0.4 is 11.3 Å². The molecule has 2 aromatic heterocycles. The number of nitrogens with two attached hydrogens (primary N) is 1. The van der Waals surface area contributed by atoms with Crippen LogP contribution in [0.1, 0.15) is 37.4 Å². The number of aromatic nitrogens is 2. The average molecular weight is 284 g/mol. The lowest BCUT2D eigenvalue weighted by Gasteiger charge is -2.11. The second kappa shape index (κ2) is 5.71. The van der Waals surface area contributed by atoms with Crippen molar-refractivity contribution in [2.75, 3.05) is 0 Å². The Hall–Kier alpha value is -2.11. The van der Waals surface area contributed by atoms with E-state index in [0.717, 1.165) is 22.4 Å². The van der Waals surface area contributed by atoms with Gasteiger partial charge in [-0.05, 0) is 32.0 Å². The number of nitrogens with zero attached hydrogens (tertiary/aromatic N) is 2. The molecule has 1 atom stereocenters. The van der Waals surface area contributed by atoms with Crippen LogP contribution in [0.25, 0.3) is 11.0 Å². The first-order valence-corrected chi connectivity index (χ1v) is 7.16. The Balaban J connectivity index is 1.83. The summed E-state index contributed by atoms with van der Waals surface area (Å²) in [4.78, 5) is 0. The number of benzene rings is 1. The van der Waals surface area contributed by atoms with Gasteiger partial charge in [-0.1, -0.05) is 18.2 Å². The fraction of sp³-hybridized carbons (Fsp3) is 0.312. The molecule has 0 radical (unpaired) electrons. The Bertz CT molecular complexity index is 696. The molecular weight excluding hydrogens is 264 g/mol. The number of nitrogens with one attached hydrogen (secondary N) is 1. The second-order valence-corrected chi connectivity index (χ2v) is 5.49. The summed E-state index contributed by atoms with van der Waals surface area (Å²) in [5.74, 6) is 6.53. The van der Waals surface area contributed by atoms with Crippen molar-refractivity contribution in [3.8, 4) is 0 Å². The zero-order valence-electron chi connectivity index (χ0n) is 12.3. The Morgan fingerprint density at radius 3 is 2.76 bits per heavy atom. The minimum absolute atomic E-state index is 0.0899. The van der Waals surface area contributed by atoms with E-state index in [1.54, 1.807) is 0 Å². The zero-order valence-corrected chi connectivity index (χ0v) is 12.3. The van der Waals surface area contributed by atoms with Crippen molar-refractivity contribution < 1.29 is 4.42 Å². The number of hydrogen-bond acceptors (Lipinski definition) is 4. The molecule has 1 unspecified atom stereocenters. The lowest BCUT2D eigenvalue weighted by molar-refractivity contribution is 0.428. The Morgan fingerprint density at radius 2 is 2.10 bits per heavy atom. The molecule has 110 valence electrons. The van der Waals surface area contributed by atoms with Crippen molar-refractivity contribution in [1.82, 2.24) is 15.2 Å². The molecule has 5 nitrogen and oxygen atoms in total. The summed E-state index contributed by atoms with van der Waals surface area (Å²) in [6, 6.07) is 12.3. The molecule has 0 aliphatic rings. The molecule has 0 spiro atoms. The van der Waals surface area contributed by atoms with Crippen LogP contribution in [0.4, 0.5) is 0 Å². The molecule has 0 amide bonds. The first-order chi connectivity index (χ1) is 10.2. The summed E-state index contributed by atoms with van der Waals surface area (Å²) in [5, 5.41) is 5.64. The number of furan rings is 1. The van der Waals surface area contributed by atoms with E-state index >= 15 is 0 Å². The van der Waals surface area contributed by atoms with Crippen LogP contribution in [0.15, 0.2) is 47.0 Å². The summed E-state index contributed by atoms with van der Waals surface area (Å²) in [7, 11) is 0. The highest BCUT2D eigenvalue weighted by atomic mass is 16.3. The molecule has 5 heteroatoms. The van der Waals surface area contributed by atoms with E-state index in [2.05, 4.69) is 24.4 Å². The molecule has 2 heterocycles. The maximum absolute atomic E-state index is 5.87. The Kier molecular flexibility index (Phi) is 3.77. The van der Waals surface area contributed by atoms with Gasteiger partial charge in [-0.3, -0.25) is 10.5 Å². The third-order valence-corrected chi connectivity index (χ3v) is 3.60. The van der Waals surface area contributed by atoms with Gasteiger partial charge in [0.2, 0.25) is 0 Å². The molecule has 0 aliphatic carbocycles. The number of para-hydroxylation sites is 1. The molecule has 1 aromatic carbocycles. The molecule has 21 heavy (non-hydrogen) atoms. The predicted molar refractivity (Wildman–Crippen MR) is 82.6 cm³/mol. The van der Waals surface area contributed by atoms with E-state index in [-0.39, 0.29) is 6.04 Å². The van der Waals surface area contributed by atoms with Crippen molar-refractivity contribution in [2.45, 2.75) is 32.4 Å². The third-order valence-electron chi connectivity index (χ3n) is 3.60. The van der Waals surface area contributed by atoms with E-state index in [1.165, 1.54) is 0 Å². The van der Waals surface area contributed by atoms with Gasteiger partial charge in [0, 0.05) is 24.0 Å². The molecule has 0 bridgehead atoms. The fourth-order valence-electron chi connectivity index (χ4n) is 2.40. The largest absolute Gasteiger partial charge is 0.459 e. The van der Waals surface area contributed by atoms with E-state index in [0.29, 0.717) is 12.5 Å². The zero-order chi connectivity index (χ0) is 14.8. The molecule has 0 aliphatic heterocycles. The molecule has 0 saturated carbocycles. The van der Waals surface area contributed by atoms with Gasteiger partial charge in [0.1, 0.15) is 11.3 Å². The van der Waals surface area contributed by atoms with Gasteiger partial charge < -0.3 is 4.42 Å². The number of hydrazine groups is 1. The van der Waals surface area contributed by atoms with E-state index in [9.17, 15) is 0 Å². The van der Waals surface area contributed by atoms with Crippen LogP contribution in [0.3, 0.4) is 0 Å². The maximum atomic E-state index is 5.87. The lowest BCUT2D eigenvalue weighted by Crippen LogP contribution is -2.29. The highest BCUT2D eigenvalue weighted by molar-refractivity contribution is 5.77. The quantitative estimate of drug-likeness (QED) is 0.558. The first-order valence-electron chi connectivity index (χ1n) is 7.16. The monoisotopic (exact) mass is 284 g/mol. The third kappa shape index (κ3) is 2.84. The van der Waals surface area contributed by atoms with Crippen LogP contribution in [-0.2, 0) is 6.42 Å². The van der Waals surface area contributed by atoms with Gasteiger partial charge in [0.15, 0.2) is 0 Å². The van der Waals surface area contributed by atoms with Crippen LogP contribution in [0.5, 0.6) is 0 Å².